The number of hydrogen-bond donors (Lipinski definition) is 2. The Balaban J connectivity index is 1.58. The number of nitrogens with zero attached hydrogens (tertiary/aromatic N) is 2. The first-order valence-corrected chi connectivity index (χ1v) is 9.43. The maximum atomic E-state index is 13.1. The van der Waals surface area contributed by atoms with Gasteiger partial charge in [0.1, 0.15) is 5.82 Å². The lowest BCUT2D eigenvalue weighted by molar-refractivity contribution is -0.124. The fourth-order valence-electron chi connectivity index (χ4n) is 3.40. The van der Waals surface area contributed by atoms with Gasteiger partial charge in [-0.1, -0.05) is 46.6 Å². The van der Waals surface area contributed by atoms with Crippen LogP contribution in [0.3, 0.4) is 0 Å². The summed E-state index contributed by atoms with van der Waals surface area (Å²) < 4.78 is 1.02. The molecule has 4 rings (SSSR count). The van der Waals surface area contributed by atoms with Crippen molar-refractivity contribution in [2.45, 2.75) is 31.6 Å². The van der Waals surface area contributed by atoms with Gasteiger partial charge in [-0.25, -0.2) is 4.98 Å². The molecule has 2 N–H and O–H groups in total. The summed E-state index contributed by atoms with van der Waals surface area (Å²) in [5.41, 5.74) is 2.28. The zero-order chi connectivity index (χ0) is 18.1. The van der Waals surface area contributed by atoms with Crippen molar-refractivity contribution in [1.29, 1.82) is 0 Å². The molecule has 132 valence electrons. The molecule has 0 unspecified atom stereocenters. The van der Waals surface area contributed by atoms with Gasteiger partial charge in [-0.05, 0) is 49.6 Å². The van der Waals surface area contributed by atoms with Gasteiger partial charge in [0.2, 0.25) is 5.91 Å². The maximum Gasteiger partial charge on any atom is 0.235 e. The molecule has 1 fully saturated rings. The van der Waals surface area contributed by atoms with E-state index >= 15 is 0 Å². The van der Waals surface area contributed by atoms with Gasteiger partial charge in [0, 0.05) is 15.7 Å². The van der Waals surface area contributed by atoms with Gasteiger partial charge >= 0.3 is 0 Å². The summed E-state index contributed by atoms with van der Waals surface area (Å²) in [4.78, 5) is 17.4. The van der Waals surface area contributed by atoms with E-state index in [2.05, 4.69) is 36.4 Å². The van der Waals surface area contributed by atoms with E-state index in [1.165, 1.54) is 0 Å². The Kier molecular flexibility index (Phi) is 4.36. The lowest BCUT2D eigenvalue weighted by atomic mass is 9.64. The highest BCUT2D eigenvalue weighted by atomic mass is 79.9. The molecule has 5 nitrogen and oxygen atoms in total. The Morgan fingerprint density at radius 2 is 1.96 bits per heavy atom. The molecule has 1 heterocycles. The Morgan fingerprint density at radius 1 is 1.19 bits per heavy atom. The van der Waals surface area contributed by atoms with Crippen molar-refractivity contribution < 1.29 is 4.79 Å². The van der Waals surface area contributed by atoms with E-state index in [4.69, 9.17) is 0 Å². The molecule has 0 radical (unpaired) electrons. The first-order chi connectivity index (χ1) is 12.6. The minimum Gasteiger partial charge on any atom is -0.325 e. The summed E-state index contributed by atoms with van der Waals surface area (Å²) in [5, 5.41) is 10.1. The lowest BCUT2D eigenvalue weighted by Crippen LogP contribution is -2.46. The molecule has 0 saturated heterocycles. The number of carbonyl (C=O) groups is 1. The van der Waals surface area contributed by atoms with Crippen LogP contribution in [0.25, 0.3) is 11.4 Å². The standard InChI is InChI=1S/C20H19BrN4O/c1-13-22-18(25-24-13)14-4-2-5-17(12-14)23-19(26)20(10-3-11-20)15-6-8-16(21)9-7-15/h2,4-9,12H,3,10-11H2,1H3,(H,23,26)(H,22,24,25). The number of H-pyrrole nitrogens is 1. The molecule has 1 aliphatic carbocycles. The number of aromatic nitrogens is 3. The van der Waals surface area contributed by atoms with Gasteiger partial charge in [-0.2, -0.15) is 5.10 Å². The van der Waals surface area contributed by atoms with E-state index in [1.54, 1.807) is 0 Å². The third-order valence-corrected chi connectivity index (χ3v) is 5.54. The van der Waals surface area contributed by atoms with Crippen molar-refractivity contribution >= 4 is 27.5 Å². The summed E-state index contributed by atoms with van der Waals surface area (Å²) in [6, 6.07) is 15.7. The second-order valence-electron chi connectivity index (χ2n) is 6.72. The third-order valence-electron chi connectivity index (χ3n) is 5.01. The van der Waals surface area contributed by atoms with Crippen LogP contribution in [-0.4, -0.2) is 21.1 Å². The van der Waals surface area contributed by atoms with Gasteiger partial charge < -0.3 is 5.32 Å². The molecule has 1 saturated carbocycles. The Labute approximate surface area is 160 Å². The van der Waals surface area contributed by atoms with Crippen molar-refractivity contribution in [2.75, 3.05) is 5.32 Å². The molecule has 2 aromatic carbocycles. The molecule has 0 bridgehead atoms. The molecule has 3 aromatic rings. The molecule has 26 heavy (non-hydrogen) atoms. The van der Waals surface area contributed by atoms with Crippen LogP contribution in [0.5, 0.6) is 0 Å². The summed E-state index contributed by atoms with van der Waals surface area (Å²) >= 11 is 3.46. The van der Waals surface area contributed by atoms with E-state index in [-0.39, 0.29) is 5.91 Å². The number of nitrogens with one attached hydrogen (secondary N) is 2. The highest BCUT2D eigenvalue weighted by Crippen LogP contribution is 2.45. The van der Waals surface area contributed by atoms with Gasteiger partial charge in [0.15, 0.2) is 5.82 Å². The largest absolute Gasteiger partial charge is 0.325 e. The van der Waals surface area contributed by atoms with Gasteiger partial charge in [0.25, 0.3) is 0 Å². The topological polar surface area (TPSA) is 70.7 Å². The van der Waals surface area contributed by atoms with E-state index in [0.717, 1.165) is 46.4 Å². The number of rotatable bonds is 4. The second kappa shape index (κ2) is 6.68. The molecule has 1 aromatic heterocycles. The van der Waals surface area contributed by atoms with Gasteiger partial charge in [0.05, 0.1) is 5.41 Å². The molecule has 1 aliphatic rings. The van der Waals surface area contributed by atoms with Crippen LogP contribution in [-0.2, 0) is 10.2 Å². The lowest BCUT2D eigenvalue weighted by Gasteiger charge is -2.40. The SMILES string of the molecule is Cc1nc(-c2cccc(NC(=O)C3(c4ccc(Br)cc4)CCC3)c2)n[nH]1. The molecular weight excluding hydrogens is 392 g/mol. The molecule has 0 aliphatic heterocycles. The highest BCUT2D eigenvalue weighted by molar-refractivity contribution is 9.10. The number of benzene rings is 2. The minimum atomic E-state index is -0.433. The van der Waals surface area contributed by atoms with E-state index in [9.17, 15) is 4.79 Å². The van der Waals surface area contributed by atoms with Gasteiger partial charge in [-0.3, -0.25) is 9.89 Å². The summed E-state index contributed by atoms with van der Waals surface area (Å²) in [6.45, 7) is 1.86. The van der Waals surface area contributed by atoms with Crippen LogP contribution < -0.4 is 5.32 Å². The highest BCUT2D eigenvalue weighted by Gasteiger charge is 2.45. The summed E-state index contributed by atoms with van der Waals surface area (Å²) in [7, 11) is 0. The number of amides is 1. The van der Waals surface area contributed by atoms with Crippen molar-refractivity contribution in [3.05, 3.63) is 64.4 Å². The zero-order valence-electron chi connectivity index (χ0n) is 14.4. The van der Waals surface area contributed by atoms with Crippen molar-refractivity contribution in [3.63, 3.8) is 0 Å². The first-order valence-electron chi connectivity index (χ1n) is 8.64. The third kappa shape index (κ3) is 3.05. The van der Waals surface area contributed by atoms with Crippen LogP contribution in [0.2, 0.25) is 0 Å². The van der Waals surface area contributed by atoms with Crippen LogP contribution in [0.4, 0.5) is 5.69 Å². The normalized spacial score (nSPS) is 15.3. The van der Waals surface area contributed by atoms with E-state index < -0.39 is 5.41 Å². The molecule has 1 amide bonds. The second-order valence-corrected chi connectivity index (χ2v) is 7.64. The van der Waals surface area contributed by atoms with Crippen LogP contribution in [0.15, 0.2) is 53.0 Å². The van der Waals surface area contributed by atoms with Crippen molar-refractivity contribution in [2.24, 2.45) is 0 Å². The van der Waals surface area contributed by atoms with E-state index in [0.29, 0.717) is 5.82 Å². The van der Waals surface area contributed by atoms with Crippen molar-refractivity contribution in [3.8, 4) is 11.4 Å². The quantitative estimate of drug-likeness (QED) is 0.659. The fraction of sp³-hybridized carbons (Fsp3) is 0.250. The average molecular weight is 411 g/mol. The number of anilines is 1. The summed E-state index contributed by atoms with van der Waals surface area (Å²) in [6.07, 6.45) is 2.82. The number of carbonyl (C=O) groups excluding carboxylic acids is 1. The van der Waals surface area contributed by atoms with Gasteiger partial charge in [-0.15, -0.1) is 0 Å². The van der Waals surface area contributed by atoms with Crippen LogP contribution in [0.1, 0.15) is 30.7 Å². The number of aryl methyl sites for hydroxylation is 1. The molecule has 6 heteroatoms. The Bertz CT molecular complexity index is 944. The zero-order valence-corrected chi connectivity index (χ0v) is 16.0. The van der Waals surface area contributed by atoms with Crippen LogP contribution >= 0.6 is 15.9 Å². The fourth-order valence-corrected chi connectivity index (χ4v) is 3.67. The number of halogens is 1. The predicted octanol–water partition coefficient (Wildman–Crippen LogP) is 4.60. The average Bonchev–Trinajstić information content (AvgIpc) is 3.02. The molecular formula is C20H19BrN4O. The predicted molar refractivity (Wildman–Crippen MR) is 105 cm³/mol. The number of aromatic amines is 1. The van der Waals surface area contributed by atoms with Crippen molar-refractivity contribution in [1.82, 2.24) is 15.2 Å². The summed E-state index contributed by atoms with van der Waals surface area (Å²) in [5.74, 6) is 1.44. The smallest absolute Gasteiger partial charge is 0.235 e. The molecule has 0 spiro atoms. The maximum absolute atomic E-state index is 13.1. The number of hydrogen-bond acceptors (Lipinski definition) is 3. The Hall–Kier alpha value is -2.47. The molecule has 0 atom stereocenters. The first kappa shape index (κ1) is 17.0. The monoisotopic (exact) mass is 410 g/mol. The minimum absolute atomic E-state index is 0.0504. The Morgan fingerprint density at radius 3 is 2.58 bits per heavy atom. The van der Waals surface area contributed by atoms with E-state index in [1.807, 2.05) is 55.5 Å². The van der Waals surface area contributed by atoms with Crippen LogP contribution in [0, 0.1) is 6.92 Å².